The van der Waals surface area contributed by atoms with Crippen LogP contribution >= 0.6 is 11.8 Å². The first kappa shape index (κ1) is 18.3. The normalized spacial score (nSPS) is 16.0. The molecule has 0 radical (unpaired) electrons. The number of methoxy groups -OCH3 is 2. The van der Waals surface area contributed by atoms with Gasteiger partial charge in [-0.05, 0) is 24.1 Å². The first-order valence-corrected chi connectivity index (χ1v) is 9.34. The maximum Gasteiger partial charge on any atom is 0.257 e. The summed E-state index contributed by atoms with van der Waals surface area (Å²) < 4.78 is 10.6. The van der Waals surface area contributed by atoms with Gasteiger partial charge in [-0.25, -0.2) is 4.98 Å². The Hall–Kier alpha value is -2.48. The van der Waals surface area contributed by atoms with E-state index in [1.807, 2.05) is 6.07 Å². The molecule has 1 unspecified atom stereocenters. The lowest BCUT2D eigenvalue weighted by atomic mass is 9.86. The van der Waals surface area contributed by atoms with Gasteiger partial charge in [-0.2, -0.15) is 0 Å². The average Bonchev–Trinajstić information content (AvgIpc) is 2.64. The molecule has 7 nitrogen and oxygen atoms in total. The highest BCUT2D eigenvalue weighted by molar-refractivity contribution is 7.99. The Labute approximate surface area is 155 Å². The van der Waals surface area contributed by atoms with Gasteiger partial charge in [0.1, 0.15) is 5.82 Å². The zero-order chi connectivity index (χ0) is 18.7. The maximum absolute atomic E-state index is 12.7. The number of carbonyl (C=O) groups excluding carboxylic acids is 1. The minimum Gasteiger partial charge on any atom is -0.493 e. The molecule has 2 N–H and O–H groups in total. The van der Waals surface area contributed by atoms with E-state index < -0.39 is 0 Å². The van der Waals surface area contributed by atoms with Crippen LogP contribution in [0.1, 0.15) is 36.8 Å². The quantitative estimate of drug-likeness (QED) is 0.596. The van der Waals surface area contributed by atoms with Crippen molar-refractivity contribution in [3.8, 4) is 11.5 Å². The molecule has 0 bridgehead atoms. The highest BCUT2D eigenvalue weighted by Gasteiger charge is 2.31. The van der Waals surface area contributed by atoms with Gasteiger partial charge in [0.15, 0.2) is 16.7 Å². The number of hydrogen-bond acceptors (Lipinski definition) is 6. The standard InChI is InChI=1S/C18H21N3O4S/c1-4-7-26-18-20-16-15(17(23)21-18)11(9-14(22)19-16)10-5-6-12(24-2)13(8-10)25-3/h5-6,8,11H,4,7,9H2,1-3H3,(H2,19,20,21,22,23). The van der Waals surface area contributed by atoms with Gasteiger partial charge < -0.3 is 19.8 Å². The molecule has 1 aliphatic rings. The highest BCUT2D eigenvalue weighted by atomic mass is 32.2. The van der Waals surface area contributed by atoms with E-state index in [1.165, 1.54) is 11.8 Å². The molecule has 1 aromatic carbocycles. The van der Waals surface area contributed by atoms with Crippen LogP contribution in [-0.2, 0) is 4.79 Å². The van der Waals surface area contributed by atoms with Crippen LogP contribution in [0, 0.1) is 0 Å². The molecule has 1 atom stereocenters. The van der Waals surface area contributed by atoms with Crippen LogP contribution in [0.5, 0.6) is 11.5 Å². The van der Waals surface area contributed by atoms with Gasteiger partial charge in [0.2, 0.25) is 5.91 Å². The van der Waals surface area contributed by atoms with Gasteiger partial charge in [-0.1, -0.05) is 24.8 Å². The molecular formula is C18H21N3O4S. The van der Waals surface area contributed by atoms with Crippen molar-refractivity contribution >= 4 is 23.5 Å². The first-order chi connectivity index (χ1) is 12.6. The molecule has 0 saturated heterocycles. The summed E-state index contributed by atoms with van der Waals surface area (Å²) in [4.78, 5) is 32.2. The summed E-state index contributed by atoms with van der Waals surface area (Å²) >= 11 is 1.46. The van der Waals surface area contributed by atoms with Crippen molar-refractivity contribution in [2.75, 3.05) is 25.3 Å². The van der Waals surface area contributed by atoms with Crippen molar-refractivity contribution in [1.82, 2.24) is 9.97 Å². The molecule has 2 aromatic rings. The number of aromatic amines is 1. The fourth-order valence-corrected chi connectivity index (χ4v) is 3.69. The number of hydrogen-bond donors (Lipinski definition) is 2. The summed E-state index contributed by atoms with van der Waals surface area (Å²) in [5, 5.41) is 3.25. The molecule has 1 aliphatic heterocycles. The summed E-state index contributed by atoms with van der Waals surface area (Å²) in [6.45, 7) is 2.05. The van der Waals surface area contributed by atoms with Crippen LogP contribution in [0.2, 0.25) is 0 Å². The SMILES string of the molecule is CCCSc1nc2c(c(=O)[nH]1)C(c1ccc(OC)c(OC)c1)CC(=O)N2. The van der Waals surface area contributed by atoms with Crippen molar-refractivity contribution in [1.29, 1.82) is 0 Å². The Morgan fingerprint density at radius 1 is 1.23 bits per heavy atom. The number of amides is 1. The van der Waals surface area contributed by atoms with E-state index in [2.05, 4.69) is 22.2 Å². The summed E-state index contributed by atoms with van der Waals surface area (Å²) in [7, 11) is 3.11. The lowest BCUT2D eigenvalue weighted by Gasteiger charge is -2.25. The zero-order valence-corrected chi connectivity index (χ0v) is 15.7. The van der Waals surface area contributed by atoms with Crippen LogP contribution in [0.25, 0.3) is 0 Å². The molecular weight excluding hydrogens is 354 g/mol. The van der Waals surface area contributed by atoms with E-state index in [1.54, 1.807) is 26.4 Å². The predicted octanol–water partition coefficient (Wildman–Crippen LogP) is 2.76. The van der Waals surface area contributed by atoms with Crippen LogP contribution in [0.3, 0.4) is 0 Å². The van der Waals surface area contributed by atoms with Crippen molar-refractivity contribution in [3.05, 3.63) is 39.7 Å². The van der Waals surface area contributed by atoms with E-state index in [4.69, 9.17) is 9.47 Å². The summed E-state index contributed by atoms with van der Waals surface area (Å²) in [5.41, 5.74) is 1.05. The van der Waals surface area contributed by atoms with E-state index >= 15 is 0 Å². The molecule has 1 aromatic heterocycles. The van der Waals surface area contributed by atoms with Crippen molar-refractivity contribution in [2.24, 2.45) is 0 Å². The minimum atomic E-state index is -0.389. The van der Waals surface area contributed by atoms with E-state index in [9.17, 15) is 9.59 Å². The number of rotatable bonds is 6. The molecule has 138 valence electrons. The second-order valence-electron chi connectivity index (χ2n) is 5.90. The summed E-state index contributed by atoms with van der Waals surface area (Å²) in [6.07, 6.45) is 1.14. The van der Waals surface area contributed by atoms with E-state index in [0.717, 1.165) is 17.7 Å². The molecule has 2 heterocycles. The number of anilines is 1. The molecule has 1 amide bonds. The van der Waals surface area contributed by atoms with Gasteiger partial charge in [0.25, 0.3) is 5.56 Å². The topological polar surface area (TPSA) is 93.3 Å². The minimum absolute atomic E-state index is 0.165. The van der Waals surface area contributed by atoms with Gasteiger partial charge in [-0.15, -0.1) is 0 Å². The van der Waals surface area contributed by atoms with Crippen LogP contribution < -0.4 is 20.3 Å². The number of thioether (sulfide) groups is 1. The maximum atomic E-state index is 12.7. The zero-order valence-electron chi connectivity index (χ0n) is 14.9. The number of nitrogens with zero attached hydrogens (tertiary/aromatic N) is 1. The first-order valence-electron chi connectivity index (χ1n) is 8.36. The predicted molar refractivity (Wildman–Crippen MR) is 101 cm³/mol. The third-order valence-electron chi connectivity index (χ3n) is 4.18. The number of nitrogens with one attached hydrogen (secondary N) is 2. The largest absolute Gasteiger partial charge is 0.493 e. The molecule has 0 saturated carbocycles. The number of fused-ring (bicyclic) bond motifs is 1. The fraction of sp³-hybridized carbons (Fsp3) is 0.389. The molecule has 0 fully saturated rings. The third kappa shape index (κ3) is 3.55. The summed E-state index contributed by atoms with van der Waals surface area (Å²) in [5.74, 6) is 1.77. The van der Waals surface area contributed by atoms with E-state index in [-0.39, 0.29) is 23.8 Å². The molecule has 3 rings (SSSR count). The van der Waals surface area contributed by atoms with Gasteiger partial charge >= 0.3 is 0 Å². The monoisotopic (exact) mass is 375 g/mol. The van der Waals surface area contributed by atoms with E-state index in [0.29, 0.717) is 28.0 Å². The Morgan fingerprint density at radius 2 is 2.00 bits per heavy atom. The second-order valence-corrected chi connectivity index (χ2v) is 6.98. The molecule has 8 heteroatoms. The smallest absolute Gasteiger partial charge is 0.257 e. The number of ether oxygens (including phenoxy) is 2. The Bertz CT molecular complexity index is 881. The van der Waals surface area contributed by atoms with Crippen LogP contribution in [-0.4, -0.2) is 35.8 Å². The fourth-order valence-electron chi connectivity index (χ4n) is 2.97. The number of benzene rings is 1. The van der Waals surface area contributed by atoms with Gasteiger partial charge in [0.05, 0.1) is 19.8 Å². The lowest BCUT2D eigenvalue weighted by molar-refractivity contribution is -0.116. The summed E-state index contributed by atoms with van der Waals surface area (Å²) in [6, 6.07) is 5.41. The van der Waals surface area contributed by atoms with Crippen molar-refractivity contribution < 1.29 is 14.3 Å². The number of carbonyl (C=O) groups is 1. The van der Waals surface area contributed by atoms with Gasteiger partial charge in [-0.3, -0.25) is 9.59 Å². The molecule has 0 aliphatic carbocycles. The Kier molecular flexibility index (Phi) is 5.51. The lowest BCUT2D eigenvalue weighted by Crippen LogP contribution is -2.31. The Balaban J connectivity index is 2.06. The third-order valence-corrected chi connectivity index (χ3v) is 5.26. The van der Waals surface area contributed by atoms with Crippen LogP contribution in [0.4, 0.5) is 5.82 Å². The van der Waals surface area contributed by atoms with Gasteiger partial charge in [0, 0.05) is 18.1 Å². The number of H-pyrrole nitrogens is 1. The molecule has 26 heavy (non-hydrogen) atoms. The number of aromatic nitrogens is 2. The Morgan fingerprint density at radius 3 is 2.69 bits per heavy atom. The average molecular weight is 375 g/mol. The van der Waals surface area contributed by atoms with Crippen molar-refractivity contribution in [2.45, 2.75) is 30.8 Å². The van der Waals surface area contributed by atoms with Crippen LogP contribution in [0.15, 0.2) is 28.2 Å². The molecule has 0 spiro atoms. The van der Waals surface area contributed by atoms with Crippen molar-refractivity contribution in [3.63, 3.8) is 0 Å². The highest BCUT2D eigenvalue weighted by Crippen LogP contribution is 2.38. The second kappa shape index (κ2) is 7.82.